The van der Waals surface area contributed by atoms with Crippen molar-refractivity contribution in [1.82, 2.24) is 5.32 Å². The van der Waals surface area contributed by atoms with Crippen LogP contribution in [-0.4, -0.2) is 5.91 Å². The molecule has 0 saturated carbocycles. The molecule has 0 heterocycles. The summed E-state index contributed by atoms with van der Waals surface area (Å²) in [5, 5.41) is 3.57. The van der Waals surface area contributed by atoms with Gasteiger partial charge in [-0.15, -0.1) is 0 Å². The van der Waals surface area contributed by atoms with E-state index in [-0.39, 0.29) is 5.91 Å². The molecule has 108 valence electrons. The van der Waals surface area contributed by atoms with Crippen LogP contribution in [0.1, 0.15) is 39.5 Å². The zero-order valence-corrected chi connectivity index (χ0v) is 13.2. The van der Waals surface area contributed by atoms with Crippen molar-refractivity contribution in [1.29, 1.82) is 0 Å². The number of hydrogen-bond donors (Lipinski definition) is 2. The standard InChI is InChI=1S/C17H17BrN2O/c18-14-5-6-15-12(9-14)4-7-16(15)20-10-11-2-1-3-13(8-11)17(19)21/h1-3,5-6,8-9,16,20H,4,7,10H2,(H2,19,21). The smallest absolute Gasteiger partial charge is 0.248 e. The number of aryl methyl sites for hydroxylation is 1. The highest BCUT2D eigenvalue weighted by Crippen LogP contribution is 2.33. The van der Waals surface area contributed by atoms with E-state index in [4.69, 9.17) is 5.73 Å². The summed E-state index contributed by atoms with van der Waals surface area (Å²) >= 11 is 3.52. The average molecular weight is 345 g/mol. The Morgan fingerprint density at radius 1 is 1.29 bits per heavy atom. The highest BCUT2D eigenvalue weighted by molar-refractivity contribution is 9.10. The van der Waals surface area contributed by atoms with Gasteiger partial charge in [0, 0.05) is 22.6 Å². The molecule has 1 amide bonds. The molecule has 3 rings (SSSR count). The lowest BCUT2D eigenvalue weighted by Gasteiger charge is -2.14. The summed E-state index contributed by atoms with van der Waals surface area (Å²) in [6, 6.07) is 14.3. The van der Waals surface area contributed by atoms with Crippen molar-refractivity contribution in [2.45, 2.75) is 25.4 Å². The summed E-state index contributed by atoms with van der Waals surface area (Å²) in [5.74, 6) is -0.382. The van der Waals surface area contributed by atoms with Crippen molar-refractivity contribution in [2.75, 3.05) is 0 Å². The highest BCUT2D eigenvalue weighted by atomic mass is 79.9. The summed E-state index contributed by atoms with van der Waals surface area (Å²) in [4.78, 5) is 11.2. The van der Waals surface area contributed by atoms with E-state index in [0.717, 1.165) is 29.4 Å². The van der Waals surface area contributed by atoms with Crippen molar-refractivity contribution in [3.8, 4) is 0 Å². The monoisotopic (exact) mass is 344 g/mol. The first-order valence-electron chi connectivity index (χ1n) is 7.04. The normalized spacial score (nSPS) is 16.7. The fourth-order valence-electron chi connectivity index (χ4n) is 2.87. The van der Waals surface area contributed by atoms with Crippen molar-refractivity contribution in [3.63, 3.8) is 0 Å². The highest BCUT2D eigenvalue weighted by Gasteiger charge is 2.21. The van der Waals surface area contributed by atoms with Gasteiger partial charge in [0.25, 0.3) is 0 Å². The summed E-state index contributed by atoms with van der Waals surface area (Å²) in [6.45, 7) is 0.737. The Kier molecular flexibility index (Phi) is 4.08. The van der Waals surface area contributed by atoms with Crippen LogP contribution >= 0.6 is 15.9 Å². The molecule has 2 aromatic rings. The van der Waals surface area contributed by atoms with Crippen molar-refractivity contribution in [2.24, 2.45) is 5.73 Å². The fraction of sp³-hybridized carbons (Fsp3) is 0.235. The Morgan fingerprint density at radius 3 is 2.95 bits per heavy atom. The first kappa shape index (κ1) is 14.3. The number of halogens is 1. The Morgan fingerprint density at radius 2 is 2.14 bits per heavy atom. The molecule has 3 nitrogen and oxygen atoms in total. The largest absolute Gasteiger partial charge is 0.366 e. The lowest BCUT2D eigenvalue weighted by atomic mass is 10.1. The number of carbonyl (C=O) groups is 1. The molecule has 1 unspecified atom stereocenters. The second-order valence-corrected chi connectivity index (χ2v) is 6.30. The van der Waals surface area contributed by atoms with Crippen LogP contribution in [0.15, 0.2) is 46.9 Å². The number of primary amides is 1. The van der Waals surface area contributed by atoms with Gasteiger partial charge in [-0.05, 0) is 53.8 Å². The van der Waals surface area contributed by atoms with Crippen LogP contribution < -0.4 is 11.1 Å². The summed E-state index contributed by atoms with van der Waals surface area (Å²) in [5.41, 5.74) is 9.74. The van der Waals surface area contributed by atoms with Crippen LogP contribution in [-0.2, 0) is 13.0 Å². The second kappa shape index (κ2) is 6.00. The van der Waals surface area contributed by atoms with Crippen molar-refractivity contribution in [3.05, 3.63) is 69.2 Å². The number of hydrogen-bond acceptors (Lipinski definition) is 2. The van der Waals surface area contributed by atoms with Gasteiger partial charge in [0.1, 0.15) is 0 Å². The van der Waals surface area contributed by atoms with E-state index >= 15 is 0 Å². The minimum Gasteiger partial charge on any atom is -0.366 e. The average Bonchev–Trinajstić information content (AvgIpc) is 2.87. The van der Waals surface area contributed by atoms with E-state index in [1.807, 2.05) is 18.2 Å². The van der Waals surface area contributed by atoms with E-state index in [1.54, 1.807) is 6.07 Å². The van der Waals surface area contributed by atoms with Gasteiger partial charge >= 0.3 is 0 Å². The Balaban J connectivity index is 1.70. The predicted molar refractivity (Wildman–Crippen MR) is 87.0 cm³/mol. The quantitative estimate of drug-likeness (QED) is 0.893. The molecule has 1 atom stereocenters. The van der Waals surface area contributed by atoms with Crippen molar-refractivity contribution < 1.29 is 4.79 Å². The van der Waals surface area contributed by atoms with E-state index < -0.39 is 0 Å². The molecule has 1 aliphatic rings. The van der Waals surface area contributed by atoms with Gasteiger partial charge in [0.2, 0.25) is 5.91 Å². The number of nitrogens with two attached hydrogens (primary N) is 1. The summed E-state index contributed by atoms with van der Waals surface area (Å²) < 4.78 is 1.14. The molecule has 3 N–H and O–H groups in total. The third-order valence-corrected chi connectivity index (χ3v) is 4.44. The third-order valence-electron chi connectivity index (χ3n) is 3.95. The molecule has 0 fully saturated rings. The number of nitrogens with one attached hydrogen (secondary N) is 1. The van der Waals surface area contributed by atoms with Crippen LogP contribution in [0.4, 0.5) is 0 Å². The lowest BCUT2D eigenvalue weighted by molar-refractivity contribution is 0.1000. The maximum Gasteiger partial charge on any atom is 0.248 e. The number of fused-ring (bicyclic) bond motifs is 1. The van der Waals surface area contributed by atoms with E-state index in [9.17, 15) is 4.79 Å². The Hall–Kier alpha value is -1.65. The van der Waals surface area contributed by atoms with Crippen LogP contribution in [0.25, 0.3) is 0 Å². The SMILES string of the molecule is NC(=O)c1cccc(CNC2CCc3cc(Br)ccc32)c1. The molecule has 21 heavy (non-hydrogen) atoms. The first-order chi connectivity index (χ1) is 10.1. The number of carbonyl (C=O) groups excluding carboxylic acids is 1. The molecule has 0 bridgehead atoms. The molecular formula is C17H17BrN2O. The van der Waals surface area contributed by atoms with Gasteiger partial charge in [-0.25, -0.2) is 0 Å². The van der Waals surface area contributed by atoms with Gasteiger partial charge in [0.05, 0.1) is 0 Å². The summed E-state index contributed by atoms with van der Waals surface area (Å²) in [6.07, 6.45) is 2.22. The van der Waals surface area contributed by atoms with Gasteiger partial charge in [-0.3, -0.25) is 4.79 Å². The van der Waals surface area contributed by atoms with Gasteiger partial charge in [-0.2, -0.15) is 0 Å². The van der Waals surface area contributed by atoms with Gasteiger partial charge in [-0.1, -0.05) is 34.1 Å². The molecule has 4 heteroatoms. The minimum atomic E-state index is -0.382. The fourth-order valence-corrected chi connectivity index (χ4v) is 3.28. The molecule has 0 radical (unpaired) electrons. The molecule has 1 aliphatic carbocycles. The molecular weight excluding hydrogens is 328 g/mol. The minimum absolute atomic E-state index is 0.380. The number of amides is 1. The van der Waals surface area contributed by atoms with Crippen LogP contribution in [0.2, 0.25) is 0 Å². The predicted octanol–water partition coefficient (Wildman–Crippen LogP) is 3.33. The van der Waals surface area contributed by atoms with Crippen LogP contribution in [0.5, 0.6) is 0 Å². The maximum absolute atomic E-state index is 11.2. The molecule has 0 aliphatic heterocycles. The van der Waals surface area contributed by atoms with Gasteiger partial charge < -0.3 is 11.1 Å². The third kappa shape index (κ3) is 3.17. The van der Waals surface area contributed by atoms with Crippen molar-refractivity contribution >= 4 is 21.8 Å². The molecule has 0 aromatic heterocycles. The topological polar surface area (TPSA) is 55.1 Å². The Labute approximate surface area is 132 Å². The van der Waals surface area contributed by atoms with Crippen LogP contribution in [0, 0.1) is 0 Å². The van der Waals surface area contributed by atoms with E-state index in [2.05, 4.69) is 39.4 Å². The van der Waals surface area contributed by atoms with E-state index in [1.165, 1.54) is 11.1 Å². The van der Waals surface area contributed by atoms with Gasteiger partial charge in [0.15, 0.2) is 0 Å². The number of rotatable bonds is 4. The Bertz CT molecular complexity index is 684. The molecule has 2 aromatic carbocycles. The molecule has 0 spiro atoms. The first-order valence-corrected chi connectivity index (χ1v) is 7.83. The lowest BCUT2D eigenvalue weighted by Crippen LogP contribution is -2.19. The second-order valence-electron chi connectivity index (χ2n) is 5.38. The maximum atomic E-state index is 11.2. The zero-order chi connectivity index (χ0) is 14.8. The zero-order valence-electron chi connectivity index (χ0n) is 11.6. The van der Waals surface area contributed by atoms with E-state index in [0.29, 0.717) is 11.6 Å². The number of benzene rings is 2. The van der Waals surface area contributed by atoms with Crippen LogP contribution in [0.3, 0.4) is 0 Å². The molecule has 0 saturated heterocycles. The summed E-state index contributed by atoms with van der Waals surface area (Å²) in [7, 11) is 0.